The largest absolute Gasteiger partial charge is 0.477 e. The van der Waals surface area contributed by atoms with E-state index in [4.69, 9.17) is 14.2 Å². The monoisotopic (exact) mass is 905 g/mol. The zero-order valence-electron chi connectivity index (χ0n) is 43.0. The maximum atomic E-state index is 12.8. The highest BCUT2D eigenvalue weighted by Gasteiger charge is 2.31. The summed E-state index contributed by atoms with van der Waals surface area (Å²) in [6.45, 7) is 4.77. The summed E-state index contributed by atoms with van der Waals surface area (Å²) >= 11 is 0. The zero-order chi connectivity index (χ0) is 47.0. The summed E-state index contributed by atoms with van der Waals surface area (Å²) < 4.78 is 17.4. The van der Waals surface area contributed by atoms with Gasteiger partial charge in [-0.3, -0.25) is 9.59 Å². The van der Waals surface area contributed by atoms with Crippen LogP contribution in [0.2, 0.25) is 0 Å². The molecule has 0 saturated heterocycles. The number of carbonyl (C=O) groups excluding carboxylic acids is 2. The number of esters is 2. The number of carboxylic acid groups (broad SMARTS) is 1. The van der Waals surface area contributed by atoms with Crippen LogP contribution in [0, 0.1) is 0 Å². The number of unbranched alkanes of at least 4 members (excludes halogenated alkanes) is 32. The number of rotatable bonds is 50. The molecule has 2 atom stereocenters. The Labute approximate surface area is 396 Å². The lowest BCUT2D eigenvalue weighted by Crippen LogP contribution is -2.50. The fraction of sp³-hybridized carbons (Fsp3) is 0.875. The van der Waals surface area contributed by atoms with E-state index in [1.165, 1.54) is 193 Å². The molecule has 376 valence electrons. The van der Waals surface area contributed by atoms with Crippen LogP contribution < -0.4 is 0 Å². The van der Waals surface area contributed by atoms with Crippen molar-refractivity contribution in [3.63, 3.8) is 0 Å². The Bertz CT molecular complexity index is 1100. The predicted molar refractivity (Wildman–Crippen MR) is 271 cm³/mol. The molecular weight excluding hydrogens is 799 g/mol. The Morgan fingerprint density at radius 3 is 1.12 bits per heavy atom. The number of likely N-dealkylation sites (N-methyl/N-ethyl adjacent to an activating group) is 1. The highest BCUT2D eigenvalue weighted by molar-refractivity contribution is 5.72. The molecule has 0 rings (SSSR count). The number of carboxylic acids is 1. The lowest BCUT2D eigenvalue weighted by atomic mass is 10.0. The minimum atomic E-state index is -0.873. The van der Waals surface area contributed by atoms with E-state index in [1.54, 1.807) is 0 Å². The molecule has 8 heteroatoms. The van der Waals surface area contributed by atoms with E-state index >= 15 is 0 Å². The van der Waals surface area contributed by atoms with E-state index in [1.807, 2.05) is 21.1 Å². The van der Waals surface area contributed by atoms with Gasteiger partial charge in [-0.25, -0.2) is 4.79 Å². The van der Waals surface area contributed by atoms with Crippen molar-refractivity contribution in [2.45, 2.75) is 276 Å². The molecule has 0 radical (unpaired) electrons. The number of carbonyl (C=O) groups is 3. The average molecular weight is 905 g/mol. The maximum absolute atomic E-state index is 12.8. The standard InChI is InChI=1S/C56H105NO7/c1-6-8-10-12-14-16-18-20-22-24-25-26-27-28-29-31-32-34-36-38-40-42-44-46-54(58)63-51-52(50-62-49-48-53(56(60)61)57(3,4)5)64-55(59)47-45-43-41-39-37-35-33-30-23-21-19-17-15-13-11-9-7-2/h21,23,28-29,52-53H,6-20,22,24-27,30-51H2,1-5H3/p+1/b23-21+,29-28+. The summed E-state index contributed by atoms with van der Waals surface area (Å²) in [5.74, 6) is -1.46. The van der Waals surface area contributed by atoms with Crippen molar-refractivity contribution in [3.05, 3.63) is 24.3 Å². The molecule has 64 heavy (non-hydrogen) atoms. The topological polar surface area (TPSA) is 99.1 Å². The molecule has 0 aliphatic carbocycles. The van der Waals surface area contributed by atoms with Crippen LogP contribution in [0.5, 0.6) is 0 Å². The molecule has 0 aromatic carbocycles. The SMILES string of the molecule is CCCCCCCC/C=C/CCCCCCCCCC(=O)OC(COCCC(C(=O)O)[N+](C)(C)C)COC(=O)CCCCCCCCC/C=C/CCCCCCCCCCCCCC. The van der Waals surface area contributed by atoms with Gasteiger partial charge < -0.3 is 23.8 Å². The van der Waals surface area contributed by atoms with E-state index in [-0.39, 0.29) is 36.2 Å². The van der Waals surface area contributed by atoms with Gasteiger partial charge in [-0.2, -0.15) is 0 Å². The van der Waals surface area contributed by atoms with Crippen molar-refractivity contribution < 1.29 is 38.2 Å². The summed E-state index contributed by atoms with van der Waals surface area (Å²) in [5.41, 5.74) is 0. The van der Waals surface area contributed by atoms with E-state index in [0.717, 1.165) is 38.5 Å². The average Bonchev–Trinajstić information content (AvgIpc) is 3.26. The minimum absolute atomic E-state index is 0.0513. The van der Waals surface area contributed by atoms with Gasteiger partial charge in [0.1, 0.15) is 6.61 Å². The molecule has 8 nitrogen and oxygen atoms in total. The van der Waals surface area contributed by atoms with Gasteiger partial charge in [-0.15, -0.1) is 0 Å². The van der Waals surface area contributed by atoms with Gasteiger partial charge >= 0.3 is 17.9 Å². The van der Waals surface area contributed by atoms with Crippen LogP contribution in [-0.2, 0) is 28.6 Å². The first-order chi connectivity index (χ1) is 31.1. The minimum Gasteiger partial charge on any atom is -0.477 e. The van der Waals surface area contributed by atoms with Gasteiger partial charge in [0.25, 0.3) is 0 Å². The fourth-order valence-corrected chi connectivity index (χ4v) is 8.32. The van der Waals surface area contributed by atoms with E-state index in [9.17, 15) is 19.5 Å². The van der Waals surface area contributed by atoms with Crippen molar-refractivity contribution in [1.29, 1.82) is 0 Å². The number of quaternary nitrogens is 1. The number of hydrogen-bond donors (Lipinski definition) is 1. The third kappa shape index (κ3) is 45.0. The smallest absolute Gasteiger partial charge is 0.362 e. The fourth-order valence-electron chi connectivity index (χ4n) is 8.32. The Kier molecular flexibility index (Phi) is 45.7. The molecule has 0 saturated carbocycles. The molecule has 2 unspecified atom stereocenters. The Morgan fingerprint density at radius 1 is 0.453 bits per heavy atom. The van der Waals surface area contributed by atoms with Crippen LogP contribution >= 0.6 is 0 Å². The van der Waals surface area contributed by atoms with Crippen molar-refractivity contribution in [2.24, 2.45) is 0 Å². The van der Waals surface area contributed by atoms with Gasteiger partial charge in [0.15, 0.2) is 12.1 Å². The number of aliphatic carboxylic acids is 1. The number of allylic oxidation sites excluding steroid dienone is 4. The molecule has 0 aliphatic heterocycles. The van der Waals surface area contributed by atoms with E-state index in [2.05, 4.69) is 38.2 Å². The molecule has 0 heterocycles. The van der Waals surface area contributed by atoms with Gasteiger partial charge in [-0.05, 0) is 64.2 Å². The molecule has 1 N–H and O–H groups in total. The van der Waals surface area contributed by atoms with Crippen LogP contribution in [0.4, 0.5) is 0 Å². The van der Waals surface area contributed by atoms with Crippen molar-refractivity contribution in [1.82, 2.24) is 0 Å². The second-order valence-electron chi connectivity index (χ2n) is 19.8. The lowest BCUT2D eigenvalue weighted by Gasteiger charge is -2.31. The highest BCUT2D eigenvalue weighted by Crippen LogP contribution is 2.16. The molecule has 0 aromatic heterocycles. The highest BCUT2D eigenvalue weighted by atomic mass is 16.6. The number of nitrogens with zero attached hydrogens (tertiary/aromatic N) is 1. The third-order valence-corrected chi connectivity index (χ3v) is 12.6. The quantitative estimate of drug-likeness (QED) is 0.0281. The first kappa shape index (κ1) is 61.8. The Hall–Kier alpha value is -2.19. The summed E-state index contributed by atoms with van der Waals surface area (Å²) in [6, 6.07) is -0.615. The molecule has 0 aromatic rings. The maximum Gasteiger partial charge on any atom is 0.362 e. The predicted octanol–water partition coefficient (Wildman–Crippen LogP) is 16.0. The molecule has 0 fully saturated rings. The van der Waals surface area contributed by atoms with Crippen molar-refractivity contribution in [3.8, 4) is 0 Å². The molecule has 0 bridgehead atoms. The third-order valence-electron chi connectivity index (χ3n) is 12.6. The van der Waals surface area contributed by atoms with Crippen LogP contribution in [0.1, 0.15) is 264 Å². The van der Waals surface area contributed by atoms with Crippen LogP contribution in [0.3, 0.4) is 0 Å². The van der Waals surface area contributed by atoms with Gasteiger partial charge in [0.2, 0.25) is 0 Å². The summed E-state index contributed by atoms with van der Waals surface area (Å²) in [5, 5.41) is 9.66. The van der Waals surface area contributed by atoms with Gasteiger partial charge in [0.05, 0.1) is 34.4 Å². The van der Waals surface area contributed by atoms with Crippen molar-refractivity contribution in [2.75, 3.05) is 41.0 Å². The summed E-state index contributed by atoms with van der Waals surface area (Å²) in [6.07, 6.45) is 55.2. The van der Waals surface area contributed by atoms with Gasteiger partial charge in [-0.1, -0.05) is 205 Å². The van der Waals surface area contributed by atoms with Crippen molar-refractivity contribution >= 4 is 17.9 Å². The second-order valence-corrected chi connectivity index (χ2v) is 19.8. The molecule has 0 spiro atoms. The lowest BCUT2D eigenvalue weighted by molar-refractivity contribution is -0.887. The van der Waals surface area contributed by atoms with E-state index in [0.29, 0.717) is 19.3 Å². The first-order valence-corrected chi connectivity index (χ1v) is 27.4. The Balaban J connectivity index is 4.17. The van der Waals surface area contributed by atoms with Crippen LogP contribution in [0.25, 0.3) is 0 Å². The summed E-state index contributed by atoms with van der Waals surface area (Å²) in [7, 11) is 5.54. The van der Waals surface area contributed by atoms with E-state index < -0.39 is 18.1 Å². The zero-order valence-corrected chi connectivity index (χ0v) is 43.0. The molecule has 0 amide bonds. The van der Waals surface area contributed by atoms with Crippen LogP contribution in [-0.4, -0.2) is 80.6 Å². The molecular formula is C56H106NO7+. The normalized spacial score (nSPS) is 13.0. The first-order valence-electron chi connectivity index (χ1n) is 27.4. The van der Waals surface area contributed by atoms with Crippen LogP contribution in [0.15, 0.2) is 24.3 Å². The number of hydrogen-bond acceptors (Lipinski definition) is 6. The molecule has 0 aliphatic rings. The number of ether oxygens (including phenoxy) is 3. The Morgan fingerprint density at radius 2 is 0.781 bits per heavy atom. The van der Waals surface area contributed by atoms with Gasteiger partial charge in [0, 0.05) is 19.3 Å². The summed E-state index contributed by atoms with van der Waals surface area (Å²) in [4.78, 5) is 37.2. The second kappa shape index (κ2) is 47.3.